The van der Waals surface area contributed by atoms with Crippen molar-refractivity contribution >= 4 is 99.2 Å². The molecule has 8 atom stereocenters. The number of esters is 5. The number of nitrogens with zero attached hydrogens (tertiary/aromatic N) is 4. The van der Waals surface area contributed by atoms with Gasteiger partial charge in [-0.15, -0.1) is 0 Å². The number of benzene rings is 2. The van der Waals surface area contributed by atoms with Crippen LogP contribution in [0.15, 0.2) is 72.8 Å². The van der Waals surface area contributed by atoms with Gasteiger partial charge >= 0.3 is 35.8 Å². The zero-order valence-corrected chi connectivity index (χ0v) is 65.7. The number of aromatic nitrogens is 2. The van der Waals surface area contributed by atoms with E-state index < -0.39 is 118 Å². The van der Waals surface area contributed by atoms with Crippen molar-refractivity contribution in [1.29, 1.82) is 0 Å². The molecule has 2 aromatic heterocycles. The number of nitrogens with one attached hydrogen (secondary N) is 4. The molecule has 0 spiro atoms. The molecule has 0 saturated carbocycles. The van der Waals surface area contributed by atoms with Crippen LogP contribution in [-0.4, -0.2) is 185 Å². The van der Waals surface area contributed by atoms with Crippen LogP contribution >= 0.6 is 0 Å². The molecule has 4 saturated heterocycles. The van der Waals surface area contributed by atoms with Crippen molar-refractivity contribution < 1.29 is 100 Å². The molecule has 0 radical (unpaired) electrons. The average molecular weight is 1520 g/mol. The largest absolute Gasteiger partial charge is 0.480 e. The maximum atomic E-state index is 14.2. The van der Waals surface area contributed by atoms with Crippen LogP contribution in [0.25, 0.3) is 34.0 Å². The Bertz CT molecular complexity index is 3940. The van der Waals surface area contributed by atoms with Crippen molar-refractivity contribution in [3.05, 3.63) is 95.3 Å². The number of amides is 4. The van der Waals surface area contributed by atoms with Crippen LogP contribution in [0.5, 0.6) is 0 Å². The standard InChI is InChI=1S/C37H50N4O9.C22H25NO6.C20H35N3O6.CH4/c1-22(2)28(33(44)38-23(3)34(45)41-17-9-10-30(40-41)35(46)47-8)19-32(43)37(20-48-36(6,7)49-21-37)16-15-26-11-12-27-13-14-29(39-31(27)18-26)24(4)50-25(5)42;1-14(29-15(2)24)18-8-7-17-6-5-16(11-19(17)23-18)9-10-22(20(25)26)12-27-21(3,4)28-13-22;1-12(2)14(11-16(24)29-20(4,5)6)17(25)21-13(3)18(26)23-10-8-9-15(22-23)19(27)28-7;/h11-16,18,22-24,28,30,40H,9-10,17,19-21H2,1-8H3,(H,38,44);5-11,14H,12-13H2,1-4H3,(H,25,26);12-15,22H,8-11H2,1-7H3,(H,21,25);1H4/b16-15+;10-9+;;/t23-,24+,28-,30-;14-;13-,14-,15-;/m010./s1. The molecule has 4 aliphatic rings. The van der Waals surface area contributed by atoms with Gasteiger partial charge in [0, 0.05) is 50.0 Å². The molecule has 29 nitrogen and oxygen atoms in total. The Morgan fingerprint density at radius 1 is 0.578 bits per heavy atom. The van der Waals surface area contributed by atoms with E-state index in [1.54, 1.807) is 94.4 Å². The van der Waals surface area contributed by atoms with Crippen molar-refractivity contribution in [3.8, 4) is 0 Å². The number of aliphatic carboxylic acids is 1. The van der Waals surface area contributed by atoms with Crippen LogP contribution in [0, 0.1) is 34.5 Å². The molecular formula is C80H114N8O21. The van der Waals surface area contributed by atoms with Crippen molar-refractivity contribution in [2.45, 2.75) is 217 Å². The van der Waals surface area contributed by atoms with Gasteiger partial charge in [0.1, 0.15) is 53.2 Å². The maximum absolute atomic E-state index is 14.2. The van der Waals surface area contributed by atoms with E-state index in [1.165, 1.54) is 38.1 Å². The minimum absolute atomic E-state index is 0. The second-order valence-electron chi connectivity index (χ2n) is 30.4. The molecule has 4 amide bonds. The third-order valence-electron chi connectivity index (χ3n) is 18.7. The molecule has 0 aliphatic carbocycles. The number of carbonyl (C=O) groups excluding carboxylic acids is 10. The highest BCUT2D eigenvalue weighted by atomic mass is 16.7. The van der Waals surface area contributed by atoms with Gasteiger partial charge in [-0.1, -0.05) is 95.8 Å². The molecule has 0 unspecified atom stereocenters. The molecule has 29 heteroatoms. The molecule has 600 valence electrons. The lowest BCUT2D eigenvalue weighted by Gasteiger charge is -2.41. The summed E-state index contributed by atoms with van der Waals surface area (Å²) in [4.78, 5) is 146. The highest BCUT2D eigenvalue weighted by molar-refractivity contribution is 5.95. The normalized spacial score (nSPS) is 19.7. The second kappa shape index (κ2) is 39.5. The molecule has 5 N–H and O–H groups in total. The second-order valence-corrected chi connectivity index (χ2v) is 30.4. The van der Waals surface area contributed by atoms with E-state index in [0.29, 0.717) is 55.7 Å². The zero-order chi connectivity index (χ0) is 80.4. The van der Waals surface area contributed by atoms with Gasteiger partial charge in [0.05, 0.1) is 80.8 Å². The Morgan fingerprint density at radius 2 is 0.945 bits per heavy atom. The molecule has 8 rings (SSSR count). The van der Waals surface area contributed by atoms with E-state index in [1.807, 2.05) is 94.4 Å². The number of hydrazine groups is 2. The number of methoxy groups -OCH3 is 2. The first-order valence-corrected chi connectivity index (χ1v) is 36.5. The number of carboxylic acids is 1. The van der Waals surface area contributed by atoms with Crippen LogP contribution in [0.2, 0.25) is 0 Å². The van der Waals surface area contributed by atoms with Gasteiger partial charge in [-0.25, -0.2) is 20.8 Å². The van der Waals surface area contributed by atoms with Gasteiger partial charge in [-0.2, -0.15) is 0 Å². The SMILES string of the molecule is C.CC(=O)O[C@H](C)c1ccc2ccc(/C=C/C3(C(=O)O)COC(C)(C)OC3)cc2n1.COC(=O)[C@@H]1CCCN(C(=O)[C@H](C)NC(=O)[C@@H](CC(=O)C2(/C=C/c3ccc4ccc([C@@H](C)OC(C)=O)nc4c3)COC(C)(C)OC2)C(C)C)N1.COC(=O)[C@@H]1CCCN(C(=O)[C@H](C)NC(=O)[C@@H](CC(=O)OC(C)(C)C)C(C)C)N1. The summed E-state index contributed by atoms with van der Waals surface area (Å²) in [6.45, 7) is 30.1. The summed E-state index contributed by atoms with van der Waals surface area (Å²) in [6.07, 6.45) is 8.17. The van der Waals surface area contributed by atoms with Gasteiger partial charge in [-0.3, -0.25) is 62.8 Å². The fraction of sp³-hybridized carbons (Fsp3) is 0.588. The lowest BCUT2D eigenvalue weighted by molar-refractivity contribution is -0.275. The molecule has 109 heavy (non-hydrogen) atoms. The Hall–Kier alpha value is -9.13. The van der Waals surface area contributed by atoms with Gasteiger partial charge < -0.3 is 58.4 Å². The van der Waals surface area contributed by atoms with Crippen LogP contribution in [0.3, 0.4) is 0 Å². The number of carbonyl (C=O) groups is 11. The topological polar surface area (TPSA) is 371 Å². The van der Waals surface area contributed by atoms with E-state index >= 15 is 0 Å². The predicted molar refractivity (Wildman–Crippen MR) is 405 cm³/mol. The van der Waals surface area contributed by atoms with Gasteiger partial charge in [0.25, 0.3) is 11.8 Å². The highest BCUT2D eigenvalue weighted by Gasteiger charge is 2.47. The number of carboxylic acid groups (broad SMARTS) is 1. The van der Waals surface area contributed by atoms with Crippen LogP contribution in [0.1, 0.15) is 198 Å². The molecule has 4 aromatic rings. The van der Waals surface area contributed by atoms with E-state index in [2.05, 4.69) is 26.5 Å². The van der Waals surface area contributed by atoms with Gasteiger partial charge in [0.15, 0.2) is 11.6 Å². The molecule has 6 heterocycles. The predicted octanol–water partition coefficient (Wildman–Crippen LogP) is 9.57. The average Bonchev–Trinajstić information content (AvgIpc) is 0.810. The van der Waals surface area contributed by atoms with Crippen molar-refractivity contribution in [2.75, 3.05) is 53.7 Å². The summed E-state index contributed by atoms with van der Waals surface area (Å²) in [5, 5.41) is 19.7. The van der Waals surface area contributed by atoms with Crippen LogP contribution < -0.4 is 21.5 Å². The van der Waals surface area contributed by atoms with E-state index in [0.717, 1.165) is 27.4 Å². The van der Waals surface area contributed by atoms with Crippen molar-refractivity contribution in [2.24, 2.45) is 34.5 Å². The fourth-order valence-corrected chi connectivity index (χ4v) is 12.1. The van der Waals surface area contributed by atoms with Crippen molar-refractivity contribution in [3.63, 3.8) is 0 Å². The minimum Gasteiger partial charge on any atom is -0.480 e. The monoisotopic (exact) mass is 1520 g/mol. The molecule has 4 aliphatic heterocycles. The van der Waals surface area contributed by atoms with Gasteiger partial charge in [-0.05, 0) is 149 Å². The molecule has 4 fully saturated rings. The Balaban J connectivity index is 0.000000310. The smallest absolute Gasteiger partial charge is 0.324 e. The number of ether oxygens (including phenoxy) is 9. The number of Topliss-reactive ketones (excluding diaryl/α,β-unsaturated/α-hetero) is 1. The highest BCUT2D eigenvalue weighted by Crippen LogP contribution is 2.37. The number of fused-ring (bicyclic) bond motifs is 2. The first kappa shape index (κ1) is 90.5. The minimum atomic E-state index is -1.25. The van der Waals surface area contributed by atoms with Crippen LogP contribution in [0.4, 0.5) is 0 Å². The Kier molecular flexibility index (Phi) is 32.8. The number of hydrogen-bond acceptors (Lipinski definition) is 24. The third kappa shape index (κ3) is 26.3. The van der Waals surface area contributed by atoms with E-state index in [-0.39, 0.29) is 82.1 Å². The first-order chi connectivity index (χ1) is 50.5. The zero-order valence-electron chi connectivity index (χ0n) is 65.7. The maximum Gasteiger partial charge on any atom is 0.324 e. The quantitative estimate of drug-likeness (QED) is 0.0322. The van der Waals surface area contributed by atoms with Crippen molar-refractivity contribution in [1.82, 2.24) is 41.5 Å². The molecule has 2 aromatic carbocycles. The van der Waals surface area contributed by atoms with E-state index in [4.69, 9.17) is 47.6 Å². The third-order valence-corrected chi connectivity index (χ3v) is 18.7. The van der Waals surface area contributed by atoms with E-state index in [9.17, 15) is 57.8 Å². The Morgan fingerprint density at radius 3 is 1.30 bits per heavy atom. The summed E-state index contributed by atoms with van der Waals surface area (Å²) in [7, 11) is 2.59. The number of ketones is 1. The fourth-order valence-electron chi connectivity index (χ4n) is 12.1. The number of rotatable bonds is 24. The van der Waals surface area contributed by atoms with Gasteiger partial charge in [0.2, 0.25) is 11.8 Å². The number of hydrogen-bond donors (Lipinski definition) is 5. The summed E-state index contributed by atoms with van der Waals surface area (Å²) < 4.78 is 48.4. The molecule has 0 bridgehead atoms. The number of pyridine rings is 2. The summed E-state index contributed by atoms with van der Waals surface area (Å²) in [5.41, 5.74) is 6.95. The summed E-state index contributed by atoms with van der Waals surface area (Å²) >= 11 is 0. The first-order valence-electron chi connectivity index (χ1n) is 36.5. The Labute approximate surface area is 639 Å². The molecular weight excluding hydrogens is 1410 g/mol. The summed E-state index contributed by atoms with van der Waals surface area (Å²) in [6, 6.07) is 15.9. The van der Waals surface area contributed by atoms with Crippen LogP contribution in [-0.2, 0) is 95.4 Å². The lowest BCUT2D eigenvalue weighted by Crippen LogP contribution is -2.59. The lowest BCUT2D eigenvalue weighted by atomic mass is 9.77. The summed E-state index contributed by atoms with van der Waals surface area (Å²) in [5.74, 6) is -8.26.